The van der Waals surface area contributed by atoms with Gasteiger partial charge in [0, 0.05) is 17.2 Å². The third kappa shape index (κ3) is 4.32. The van der Waals surface area contributed by atoms with Gasteiger partial charge in [-0.2, -0.15) is 0 Å². The predicted molar refractivity (Wildman–Crippen MR) is 103 cm³/mol. The van der Waals surface area contributed by atoms with Crippen LogP contribution in [0, 0.1) is 0 Å². The van der Waals surface area contributed by atoms with E-state index in [1.54, 1.807) is 13.2 Å². The van der Waals surface area contributed by atoms with Crippen LogP contribution < -0.4 is 10.1 Å². The first-order chi connectivity index (χ1) is 12.5. The first-order valence-corrected chi connectivity index (χ1v) is 10.2. The lowest BCUT2D eigenvalue weighted by Gasteiger charge is -2.14. The Bertz CT molecular complexity index is 920. The summed E-state index contributed by atoms with van der Waals surface area (Å²) in [5.41, 5.74) is 2.01. The fourth-order valence-corrected chi connectivity index (χ4v) is 4.68. The number of para-hydroxylation sites is 1. The van der Waals surface area contributed by atoms with Gasteiger partial charge in [-0.3, -0.25) is 4.79 Å². The quantitative estimate of drug-likeness (QED) is 0.648. The predicted octanol–water partition coefficient (Wildman–Crippen LogP) is 2.54. The Balaban J connectivity index is 1.94. The van der Waals surface area contributed by atoms with Gasteiger partial charge in [0.1, 0.15) is 5.75 Å². The number of methoxy groups -OCH3 is 1. The summed E-state index contributed by atoms with van der Waals surface area (Å²) in [6.07, 6.45) is 2.22. The van der Waals surface area contributed by atoms with Crippen LogP contribution in [0.2, 0.25) is 0 Å². The number of sulfone groups is 1. The maximum Gasteiger partial charge on any atom is 0.252 e. The van der Waals surface area contributed by atoms with Gasteiger partial charge < -0.3 is 10.1 Å². The Morgan fingerprint density at radius 1 is 1.12 bits per heavy atom. The van der Waals surface area contributed by atoms with E-state index in [1.807, 2.05) is 54.6 Å². The second-order valence-corrected chi connectivity index (χ2v) is 8.47. The van der Waals surface area contributed by atoms with Gasteiger partial charge in [-0.05, 0) is 24.1 Å². The van der Waals surface area contributed by atoms with Crippen LogP contribution in [0.5, 0.6) is 5.75 Å². The lowest BCUT2D eigenvalue weighted by molar-refractivity contribution is -0.116. The number of carbonyl (C=O) groups is 1. The summed E-state index contributed by atoms with van der Waals surface area (Å²) in [5.74, 6) is 0.492. The van der Waals surface area contributed by atoms with Crippen molar-refractivity contribution in [3.63, 3.8) is 0 Å². The number of rotatable bonds is 5. The van der Waals surface area contributed by atoms with Gasteiger partial charge in [-0.15, -0.1) is 0 Å². The zero-order chi connectivity index (χ0) is 18.6. The van der Waals surface area contributed by atoms with Crippen LogP contribution in [0.15, 0.2) is 54.6 Å². The van der Waals surface area contributed by atoms with E-state index in [-0.39, 0.29) is 23.5 Å². The number of hydrogen-bond acceptors (Lipinski definition) is 4. The average molecular weight is 371 g/mol. The maximum absolute atomic E-state index is 12.9. The molecule has 5 nitrogen and oxygen atoms in total. The molecule has 1 unspecified atom stereocenters. The Morgan fingerprint density at radius 2 is 1.81 bits per heavy atom. The minimum Gasteiger partial charge on any atom is -0.496 e. The van der Waals surface area contributed by atoms with E-state index in [4.69, 9.17) is 4.74 Å². The number of hydrogen-bond donors (Lipinski definition) is 1. The van der Waals surface area contributed by atoms with Crippen LogP contribution >= 0.6 is 0 Å². The van der Waals surface area contributed by atoms with Crippen molar-refractivity contribution in [1.82, 2.24) is 5.32 Å². The average Bonchev–Trinajstić information content (AvgIpc) is 2.99. The Hall–Kier alpha value is -2.60. The van der Waals surface area contributed by atoms with Gasteiger partial charge in [0.25, 0.3) is 5.91 Å². The Labute approximate surface area is 153 Å². The highest BCUT2D eigenvalue weighted by molar-refractivity contribution is 7.91. The molecule has 136 valence electrons. The van der Waals surface area contributed by atoms with Gasteiger partial charge >= 0.3 is 0 Å². The van der Waals surface area contributed by atoms with Crippen molar-refractivity contribution < 1.29 is 17.9 Å². The van der Waals surface area contributed by atoms with Gasteiger partial charge in [-0.25, -0.2) is 8.42 Å². The number of ether oxygens (including phenoxy) is 1. The second kappa shape index (κ2) is 7.74. The molecule has 2 aromatic carbocycles. The molecule has 1 heterocycles. The number of benzene rings is 2. The van der Waals surface area contributed by atoms with Crippen molar-refractivity contribution in [1.29, 1.82) is 0 Å². The molecule has 0 aliphatic carbocycles. The summed E-state index contributed by atoms with van der Waals surface area (Å²) in [6.45, 7) is 0. The topological polar surface area (TPSA) is 72.5 Å². The van der Waals surface area contributed by atoms with Crippen LogP contribution in [0.25, 0.3) is 11.6 Å². The van der Waals surface area contributed by atoms with Crippen molar-refractivity contribution >= 4 is 27.4 Å². The van der Waals surface area contributed by atoms with E-state index in [1.165, 1.54) is 0 Å². The maximum atomic E-state index is 12.9. The minimum absolute atomic E-state index is 0.00450. The van der Waals surface area contributed by atoms with Crippen LogP contribution in [-0.4, -0.2) is 39.0 Å². The minimum atomic E-state index is -3.06. The van der Waals surface area contributed by atoms with Gasteiger partial charge in [0.15, 0.2) is 9.84 Å². The monoisotopic (exact) mass is 371 g/mol. The van der Waals surface area contributed by atoms with E-state index in [0.717, 1.165) is 11.1 Å². The summed E-state index contributed by atoms with van der Waals surface area (Å²) in [7, 11) is -1.47. The van der Waals surface area contributed by atoms with E-state index >= 15 is 0 Å². The molecule has 0 radical (unpaired) electrons. The molecule has 1 aliphatic rings. The number of nitrogens with one attached hydrogen (secondary N) is 1. The molecule has 3 rings (SSSR count). The zero-order valence-electron chi connectivity index (χ0n) is 14.5. The third-order valence-electron chi connectivity index (χ3n) is 4.34. The van der Waals surface area contributed by atoms with E-state index < -0.39 is 9.84 Å². The number of amides is 1. The van der Waals surface area contributed by atoms with Crippen molar-refractivity contribution in [3.8, 4) is 5.75 Å². The summed E-state index contributed by atoms with van der Waals surface area (Å²) in [4.78, 5) is 12.9. The fourth-order valence-electron chi connectivity index (χ4n) is 3.01. The molecule has 1 atom stereocenters. The van der Waals surface area contributed by atoms with E-state index in [0.29, 0.717) is 17.7 Å². The van der Waals surface area contributed by atoms with Crippen molar-refractivity contribution in [2.45, 2.75) is 12.5 Å². The Kier molecular flexibility index (Phi) is 5.42. The molecule has 1 aliphatic heterocycles. The lowest BCUT2D eigenvalue weighted by atomic mass is 10.0. The molecule has 1 amide bonds. The SMILES string of the molecule is COc1ccccc1C=C(C(=O)NC1CCS(=O)(=O)C1)c1ccccc1. The molecule has 26 heavy (non-hydrogen) atoms. The Morgan fingerprint density at radius 3 is 2.46 bits per heavy atom. The van der Waals surface area contributed by atoms with Crippen LogP contribution in [0.1, 0.15) is 17.5 Å². The summed E-state index contributed by atoms with van der Waals surface area (Å²) in [5, 5.41) is 2.86. The molecule has 2 aromatic rings. The van der Waals surface area contributed by atoms with E-state index in [9.17, 15) is 13.2 Å². The molecule has 0 bridgehead atoms. The summed E-state index contributed by atoms with van der Waals surface area (Å²) in [6, 6.07) is 16.4. The standard InChI is InChI=1S/C20H21NO4S/c1-25-19-10-6-5-9-16(19)13-18(15-7-3-2-4-8-15)20(22)21-17-11-12-26(23,24)14-17/h2-10,13,17H,11-12,14H2,1H3,(H,21,22). The van der Waals surface area contributed by atoms with Crippen LogP contribution in [0.4, 0.5) is 0 Å². The number of carbonyl (C=O) groups excluding carboxylic acids is 1. The van der Waals surface area contributed by atoms with Crippen molar-refractivity contribution in [2.24, 2.45) is 0 Å². The van der Waals surface area contributed by atoms with Gasteiger partial charge in [-0.1, -0.05) is 48.5 Å². The highest BCUT2D eigenvalue weighted by Crippen LogP contribution is 2.25. The van der Waals surface area contributed by atoms with Gasteiger partial charge in [0.2, 0.25) is 0 Å². The van der Waals surface area contributed by atoms with E-state index in [2.05, 4.69) is 5.32 Å². The molecular formula is C20H21NO4S. The molecular weight excluding hydrogens is 350 g/mol. The second-order valence-electron chi connectivity index (χ2n) is 6.24. The molecule has 0 saturated carbocycles. The summed E-state index contributed by atoms with van der Waals surface area (Å²) < 4.78 is 28.7. The van der Waals surface area contributed by atoms with Crippen molar-refractivity contribution in [2.75, 3.05) is 18.6 Å². The first kappa shape index (κ1) is 18.2. The molecule has 1 fully saturated rings. The molecule has 6 heteroatoms. The van der Waals surface area contributed by atoms with Crippen LogP contribution in [0.3, 0.4) is 0 Å². The zero-order valence-corrected chi connectivity index (χ0v) is 15.3. The highest BCUT2D eigenvalue weighted by Gasteiger charge is 2.29. The molecule has 1 N–H and O–H groups in total. The normalized spacial score (nSPS) is 19.1. The summed E-state index contributed by atoms with van der Waals surface area (Å²) >= 11 is 0. The van der Waals surface area contributed by atoms with Gasteiger partial charge in [0.05, 0.1) is 18.6 Å². The van der Waals surface area contributed by atoms with Crippen molar-refractivity contribution in [3.05, 3.63) is 65.7 Å². The third-order valence-corrected chi connectivity index (χ3v) is 6.10. The first-order valence-electron chi connectivity index (χ1n) is 8.40. The highest BCUT2D eigenvalue weighted by atomic mass is 32.2. The largest absolute Gasteiger partial charge is 0.496 e. The van der Waals surface area contributed by atoms with Crippen LogP contribution in [-0.2, 0) is 14.6 Å². The smallest absolute Gasteiger partial charge is 0.252 e. The molecule has 1 saturated heterocycles. The molecule has 0 aromatic heterocycles. The lowest BCUT2D eigenvalue weighted by Crippen LogP contribution is -2.36. The fraction of sp³-hybridized carbons (Fsp3) is 0.250. The molecule has 0 spiro atoms.